The molecule has 84 valence electrons. The van der Waals surface area contributed by atoms with E-state index in [1.165, 1.54) is 11.3 Å². The van der Waals surface area contributed by atoms with Gasteiger partial charge >= 0.3 is 0 Å². The van der Waals surface area contributed by atoms with Gasteiger partial charge in [0.15, 0.2) is 11.4 Å². The number of nitrogens with zero attached hydrogens (tertiary/aromatic N) is 2. The van der Waals surface area contributed by atoms with Crippen LogP contribution < -0.4 is 4.90 Å². The number of carbonyl (C=O) groups is 1. The molecule has 0 N–H and O–H groups in total. The number of rotatable bonds is 5. The van der Waals surface area contributed by atoms with Crippen LogP contribution in [-0.2, 0) is 0 Å². The molecule has 1 aromatic heterocycles. The summed E-state index contributed by atoms with van der Waals surface area (Å²) in [5.74, 6) is 0. The third kappa shape index (κ3) is 2.78. The molecule has 0 aliphatic heterocycles. The number of aryl methyl sites for hydroxylation is 1. The highest BCUT2D eigenvalue weighted by Gasteiger charge is 2.15. The maximum atomic E-state index is 10.7. The molecule has 0 unspecified atom stereocenters. The first-order valence-corrected chi connectivity index (χ1v) is 6.11. The van der Waals surface area contributed by atoms with Gasteiger partial charge in [-0.3, -0.25) is 4.79 Å². The summed E-state index contributed by atoms with van der Waals surface area (Å²) in [6, 6.07) is 0.426. The van der Waals surface area contributed by atoms with E-state index in [0.29, 0.717) is 6.04 Å². The topological polar surface area (TPSA) is 33.2 Å². The van der Waals surface area contributed by atoms with Crippen LogP contribution in [0.1, 0.15) is 42.6 Å². The average Bonchev–Trinajstić information content (AvgIpc) is 2.55. The average molecular weight is 226 g/mol. The third-order valence-electron chi connectivity index (χ3n) is 2.26. The highest BCUT2D eigenvalue weighted by Crippen LogP contribution is 2.26. The SMILES string of the molecule is CCCN(c1nc(C)c(C=O)s1)C(C)C. The minimum Gasteiger partial charge on any atom is -0.346 e. The van der Waals surface area contributed by atoms with Crippen molar-refractivity contribution in [2.45, 2.75) is 40.2 Å². The minimum atomic E-state index is 0.426. The van der Waals surface area contributed by atoms with Gasteiger partial charge in [-0.1, -0.05) is 18.3 Å². The number of anilines is 1. The van der Waals surface area contributed by atoms with E-state index >= 15 is 0 Å². The quantitative estimate of drug-likeness (QED) is 0.724. The Morgan fingerprint density at radius 3 is 2.60 bits per heavy atom. The molecule has 4 heteroatoms. The standard InChI is InChI=1S/C11H18N2OS/c1-5-6-13(8(2)3)11-12-9(4)10(7-14)15-11/h7-8H,5-6H2,1-4H3. The number of aldehydes is 1. The second-order valence-corrected chi connectivity index (χ2v) is 4.86. The molecule has 1 aromatic rings. The second kappa shape index (κ2) is 5.26. The van der Waals surface area contributed by atoms with E-state index in [2.05, 4.69) is 30.7 Å². The molecule has 0 aliphatic carbocycles. The fourth-order valence-corrected chi connectivity index (χ4v) is 2.48. The Morgan fingerprint density at radius 1 is 1.53 bits per heavy atom. The van der Waals surface area contributed by atoms with E-state index < -0.39 is 0 Å². The molecule has 0 atom stereocenters. The molecule has 15 heavy (non-hydrogen) atoms. The summed E-state index contributed by atoms with van der Waals surface area (Å²) in [6.45, 7) is 9.31. The zero-order chi connectivity index (χ0) is 11.4. The van der Waals surface area contributed by atoms with Gasteiger partial charge < -0.3 is 4.90 Å². The van der Waals surface area contributed by atoms with E-state index in [9.17, 15) is 4.79 Å². The second-order valence-electron chi connectivity index (χ2n) is 3.85. The van der Waals surface area contributed by atoms with Crippen LogP contribution in [0, 0.1) is 6.92 Å². The summed E-state index contributed by atoms with van der Waals surface area (Å²) in [7, 11) is 0. The van der Waals surface area contributed by atoms with E-state index in [4.69, 9.17) is 0 Å². The van der Waals surface area contributed by atoms with Crippen LogP contribution in [0.3, 0.4) is 0 Å². The molecule has 0 spiro atoms. The monoisotopic (exact) mass is 226 g/mol. The predicted molar refractivity (Wildman–Crippen MR) is 65.0 cm³/mol. The van der Waals surface area contributed by atoms with Gasteiger partial charge in [-0.25, -0.2) is 4.98 Å². The lowest BCUT2D eigenvalue weighted by molar-refractivity contribution is 0.112. The summed E-state index contributed by atoms with van der Waals surface area (Å²) < 4.78 is 0. The summed E-state index contributed by atoms with van der Waals surface area (Å²) >= 11 is 1.48. The van der Waals surface area contributed by atoms with Gasteiger partial charge in [-0.05, 0) is 27.2 Å². The van der Waals surface area contributed by atoms with E-state index in [1.807, 2.05) is 6.92 Å². The molecule has 0 radical (unpaired) electrons. The van der Waals surface area contributed by atoms with Crippen molar-refractivity contribution in [2.75, 3.05) is 11.4 Å². The summed E-state index contributed by atoms with van der Waals surface area (Å²) in [5.41, 5.74) is 0.840. The normalized spacial score (nSPS) is 10.7. The lowest BCUT2D eigenvalue weighted by Crippen LogP contribution is -2.31. The van der Waals surface area contributed by atoms with Gasteiger partial charge in [0, 0.05) is 12.6 Å². The predicted octanol–water partition coefficient (Wildman–Crippen LogP) is 2.89. The molecule has 0 saturated heterocycles. The Balaban J connectivity index is 2.95. The molecular weight excluding hydrogens is 208 g/mol. The summed E-state index contributed by atoms with van der Waals surface area (Å²) in [4.78, 5) is 18.2. The number of carbonyl (C=O) groups excluding carboxylic acids is 1. The van der Waals surface area contributed by atoms with Crippen LogP contribution in [0.5, 0.6) is 0 Å². The summed E-state index contributed by atoms with van der Waals surface area (Å²) in [6.07, 6.45) is 1.98. The van der Waals surface area contributed by atoms with Crippen LogP contribution in [0.25, 0.3) is 0 Å². The molecule has 3 nitrogen and oxygen atoms in total. The Kier molecular flexibility index (Phi) is 4.27. The van der Waals surface area contributed by atoms with Gasteiger partial charge in [-0.15, -0.1) is 0 Å². The van der Waals surface area contributed by atoms with E-state index in [0.717, 1.165) is 35.0 Å². The number of hydrogen-bond donors (Lipinski definition) is 0. The molecule has 0 bridgehead atoms. The van der Waals surface area contributed by atoms with Crippen molar-refractivity contribution in [3.05, 3.63) is 10.6 Å². The van der Waals surface area contributed by atoms with Crippen LogP contribution in [0.2, 0.25) is 0 Å². The Labute approximate surface area is 95.1 Å². The van der Waals surface area contributed by atoms with Gasteiger partial charge in [0.2, 0.25) is 0 Å². The van der Waals surface area contributed by atoms with Crippen molar-refractivity contribution in [3.63, 3.8) is 0 Å². The Morgan fingerprint density at radius 2 is 2.20 bits per heavy atom. The first-order valence-electron chi connectivity index (χ1n) is 5.29. The lowest BCUT2D eigenvalue weighted by Gasteiger charge is -2.25. The number of aromatic nitrogens is 1. The van der Waals surface area contributed by atoms with Crippen LogP contribution in [0.4, 0.5) is 5.13 Å². The van der Waals surface area contributed by atoms with Gasteiger partial charge in [0.05, 0.1) is 10.6 Å². The van der Waals surface area contributed by atoms with Gasteiger partial charge in [-0.2, -0.15) is 0 Å². The largest absolute Gasteiger partial charge is 0.346 e. The maximum Gasteiger partial charge on any atom is 0.186 e. The molecule has 1 heterocycles. The number of hydrogen-bond acceptors (Lipinski definition) is 4. The molecule has 0 aliphatic rings. The smallest absolute Gasteiger partial charge is 0.186 e. The fourth-order valence-electron chi connectivity index (χ4n) is 1.44. The number of thiazole rings is 1. The Hall–Kier alpha value is -0.900. The molecule has 0 amide bonds. The molecule has 0 aromatic carbocycles. The van der Waals surface area contributed by atoms with Crippen molar-refractivity contribution < 1.29 is 4.79 Å². The molecule has 0 fully saturated rings. The highest BCUT2D eigenvalue weighted by atomic mass is 32.1. The molecule has 0 saturated carbocycles. The zero-order valence-electron chi connectivity index (χ0n) is 9.78. The van der Waals surface area contributed by atoms with Gasteiger partial charge in [0.25, 0.3) is 0 Å². The van der Waals surface area contributed by atoms with Crippen LogP contribution >= 0.6 is 11.3 Å². The van der Waals surface area contributed by atoms with Crippen molar-refractivity contribution in [3.8, 4) is 0 Å². The van der Waals surface area contributed by atoms with Gasteiger partial charge in [0.1, 0.15) is 0 Å². The minimum absolute atomic E-state index is 0.426. The molecular formula is C11H18N2OS. The molecule has 1 rings (SSSR count). The van der Waals surface area contributed by atoms with Crippen LogP contribution in [-0.4, -0.2) is 23.9 Å². The van der Waals surface area contributed by atoms with Crippen molar-refractivity contribution in [1.82, 2.24) is 4.98 Å². The first-order chi connectivity index (χ1) is 7.10. The fraction of sp³-hybridized carbons (Fsp3) is 0.636. The van der Waals surface area contributed by atoms with E-state index in [1.54, 1.807) is 0 Å². The first kappa shape index (κ1) is 12.2. The Bertz CT molecular complexity index is 333. The lowest BCUT2D eigenvalue weighted by atomic mass is 10.3. The van der Waals surface area contributed by atoms with Crippen molar-refractivity contribution >= 4 is 22.8 Å². The van der Waals surface area contributed by atoms with Crippen LogP contribution in [0.15, 0.2) is 0 Å². The van der Waals surface area contributed by atoms with E-state index in [-0.39, 0.29) is 0 Å². The maximum absolute atomic E-state index is 10.7. The summed E-state index contributed by atoms with van der Waals surface area (Å²) in [5, 5.41) is 0.964. The zero-order valence-corrected chi connectivity index (χ0v) is 10.6. The third-order valence-corrected chi connectivity index (χ3v) is 3.38. The van der Waals surface area contributed by atoms with Crippen molar-refractivity contribution in [1.29, 1.82) is 0 Å². The highest BCUT2D eigenvalue weighted by molar-refractivity contribution is 7.17. The van der Waals surface area contributed by atoms with Crippen molar-refractivity contribution in [2.24, 2.45) is 0 Å².